The summed E-state index contributed by atoms with van der Waals surface area (Å²) in [6.07, 6.45) is 4.25. The van der Waals surface area contributed by atoms with Crippen molar-refractivity contribution < 1.29 is 23.9 Å². The second-order valence-corrected chi connectivity index (χ2v) is 7.91. The molecule has 32 heavy (non-hydrogen) atoms. The number of ether oxygens (including phenoxy) is 2. The third-order valence-corrected chi connectivity index (χ3v) is 5.64. The van der Waals surface area contributed by atoms with Gasteiger partial charge < -0.3 is 14.4 Å². The number of hydrogen-bond acceptors (Lipinski definition) is 8. The molecule has 1 unspecified atom stereocenters. The molecule has 4 heterocycles. The predicted molar refractivity (Wildman–Crippen MR) is 113 cm³/mol. The topological polar surface area (TPSA) is 115 Å². The molecule has 0 saturated carbocycles. The lowest BCUT2D eigenvalue weighted by Gasteiger charge is -2.32. The molecule has 10 nitrogen and oxygen atoms in total. The molecule has 4 rings (SSSR count). The van der Waals surface area contributed by atoms with Gasteiger partial charge in [0, 0.05) is 38.1 Å². The van der Waals surface area contributed by atoms with Crippen molar-refractivity contribution in [1.82, 2.24) is 19.9 Å². The zero-order chi connectivity index (χ0) is 22.7. The van der Waals surface area contributed by atoms with Crippen LogP contribution in [0.2, 0.25) is 5.02 Å². The van der Waals surface area contributed by atoms with Crippen molar-refractivity contribution in [3.8, 4) is 0 Å². The SMILES string of the molecule is CCOC(=O)CC1CCN(C(=O)OC2c3nccnc3C(=O)N2c2ccc(Cl)cn2)CC1. The van der Waals surface area contributed by atoms with Gasteiger partial charge in [-0.25, -0.2) is 19.7 Å². The smallest absolute Gasteiger partial charge is 0.412 e. The van der Waals surface area contributed by atoms with Crippen LogP contribution in [0.5, 0.6) is 0 Å². The quantitative estimate of drug-likeness (QED) is 0.627. The number of carbonyl (C=O) groups excluding carboxylic acids is 3. The molecule has 2 aromatic heterocycles. The Balaban J connectivity index is 1.47. The number of amides is 2. The molecule has 0 bridgehead atoms. The minimum Gasteiger partial charge on any atom is -0.466 e. The van der Waals surface area contributed by atoms with Crippen molar-refractivity contribution in [2.75, 3.05) is 24.6 Å². The first-order valence-electron chi connectivity index (χ1n) is 10.3. The summed E-state index contributed by atoms with van der Waals surface area (Å²) in [6, 6.07) is 3.15. The van der Waals surface area contributed by atoms with Crippen LogP contribution in [0.3, 0.4) is 0 Å². The molecule has 0 aliphatic carbocycles. The van der Waals surface area contributed by atoms with Gasteiger partial charge in [-0.15, -0.1) is 0 Å². The van der Waals surface area contributed by atoms with E-state index in [0.717, 1.165) is 0 Å². The van der Waals surface area contributed by atoms with Gasteiger partial charge in [0.2, 0.25) is 6.23 Å². The Morgan fingerprint density at radius 2 is 1.91 bits per heavy atom. The van der Waals surface area contributed by atoms with Gasteiger partial charge in [-0.2, -0.15) is 0 Å². The second-order valence-electron chi connectivity index (χ2n) is 7.48. The number of halogens is 1. The number of anilines is 1. The summed E-state index contributed by atoms with van der Waals surface area (Å²) in [5.41, 5.74) is 0.356. The Morgan fingerprint density at radius 1 is 1.16 bits per heavy atom. The highest BCUT2D eigenvalue weighted by Gasteiger charge is 2.44. The van der Waals surface area contributed by atoms with Gasteiger partial charge in [0.25, 0.3) is 5.91 Å². The number of nitrogens with zero attached hydrogens (tertiary/aromatic N) is 5. The standard InChI is InChI=1S/C21H22ClN5O5/c1-2-31-16(28)11-13-5-9-26(10-6-13)21(30)32-20-18-17(23-7-8-24-18)19(29)27(20)15-4-3-14(22)12-25-15/h3-4,7-8,12-13,20H,2,5-6,9-11H2,1H3. The first kappa shape index (κ1) is 21.9. The van der Waals surface area contributed by atoms with Crippen molar-refractivity contribution in [1.29, 1.82) is 0 Å². The molecule has 0 radical (unpaired) electrons. The molecule has 2 aliphatic heterocycles. The maximum Gasteiger partial charge on any atom is 0.412 e. The monoisotopic (exact) mass is 459 g/mol. The third-order valence-electron chi connectivity index (χ3n) is 5.42. The van der Waals surface area contributed by atoms with Gasteiger partial charge in [-0.1, -0.05) is 11.6 Å². The number of esters is 1. The number of hydrogen-bond donors (Lipinski definition) is 0. The van der Waals surface area contributed by atoms with Crippen LogP contribution in [-0.2, 0) is 14.3 Å². The number of likely N-dealkylation sites (tertiary alicyclic amines) is 1. The van der Waals surface area contributed by atoms with E-state index in [-0.39, 0.29) is 29.1 Å². The number of pyridine rings is 1. The van der Waals surface area contributed by atoms with Crippen molar-refractivity contribution in [3.63, 3.8) is 0 Å². The number of carbonyl (C=O) groups is 3. The van der Waals surface area contributed by atoms with Crippen LogP contribution >= 0.6 is 11.6 Å². The Bertz CT molecular complexity index is 1010. The zero-order valence-electron chi connectivity index (χ0n) is 17.4. The van der Waals surface area contributed by atoms with E-state index in [4.69, 9.17) is 21.1 Å². The Morgan fingerprint density at radius 3 is 2.59 bits per heavy atom. The van der Waals surface area contributed by atoms with Gasteiger partial charge in [0.1, 0.15) is 11.5 Å². The predicted octanol–water partition coefficient (Wildman–Crippen LogP) is 2.99. The van der Waals surface area contributed by atoms with Crippen LogP contribution in [0.15, 0.2) is 30.7 Å². The summed E-state index contributed by atoms with van der Waals surface area (Å²) < 4.78 is 10.7. The first-order valence-corrected chi connectivity index (χ1v) is 10.7. The molecule has 0 aromatic carbocycles. The van der Waals surface area contributed by atoms with Gasteiger partial charge in [0.05, 0.1) is 11.6 Å². The van der Waals surface area contributed by atoms with Gasteiger partial charge in [-0.05, 0) is 37.8 Å². The van der Waals surface area contributed by atoms with E-state index >= 15 is 0 Å². The van der Waals surface area contributed by atoms with Crippen LogP contribution in [0, 0.1) is 5.92 Å². The van der Waals surface area contributed by atoms with Gasteiger partial charge in [0.15, 0.2) is 5.69 Å². The fourth-order valence-corrected chi connectivity index (χ4v) is 3.94. The Labute approximate surface area is 189 Å². The average molecular weight is 460 g/mol. The molecule has 2 aromatic rings. The van der Waals surface area contributed by atoms with Crippen LogP contribution in [0.4, 0.5) is 10.6 Å². The summed E-state index contributed by atoms with van der Waals surface area (Å²) in [5, 5.41) is 0.411. The molecule has 1 fully saturated rings. The molecule has 1 atom stereocenters. The first-order chi connectivity index (χ1) is 15.5. The van der Waals surface area contributed by atoms with E-state index in [1.54, 1.807) is 24.0 Å². The number of fused-ring (bicyclic) bond motifs is 1. The van der Waals surface area contributed by atoms with E-state index < -0.39 is 18.2 Å². The fraction of sp³-hybridized carbons (Fsp3) is 0.429. The maximum absolute atomic E-state index is 13.0. The van der Waals surface area contributed by atoms with E-state index in [2.05, 4.69) is 15.0 Å². The van der Waals surface area contributed by atoms with E-state index in [0.29, 0.717) is 44.0 Å². The van der Waals surface area contributed by atoms with Crippen LogP contribution < -0.4 is 4.90 Å². The number of aromatic nitrogens is 3. The highest BCUT2D eigenvalue weighted by molar-refractivity contribution is 6.30. The second kappa shape index (κ2) is 9.47. The van der Waals surface area contributed by atoms with Crippen LogP contribution in [0.1, 0.15) is 48.6 Å². The number of rotatable bonds is 5. The summed E-state index contributed by atoms with van der Waals surface area (Å²) in [4.78, 5) is 52.9. The lowest BCUT2D eigenvalue weighted by molar-refractivity contribution is -0.144. The Hall–Kier alpha value is -3.27. The lowest BCUT2D eigenvalue weighted by atomic mass is 9.94. The third kappa shape index (κ3) is 4.50. The summed E-state index contributed by atoms with van der Waals surface area (Å²) in [5.74, 6) is -0.259. The van der Waals surface area contributed by atoms with Gasteiger partial charge in [-0.3, -0.25) is 14.6 Å². The molecule has 1 saturated heterocycles. The van der Waals surface area contributed by atoms with E-state index in [9.17, 15) is 14.4 Å². The largest absolute Gasteiger partial charge is 0.466 e. The van der Waals surface area contributed by atoms with Crippen molar-refractivity contribution >= 4 is 35.4 Å². The van der Waals surface area contributed by atoms with Crippen LogP contribution in [0.25, 0.3) is 0 Å². The van der Waals surface area contributed by atoms with Crippen molar-refractivity contribution in [2.45, 2.75) is 32.4 Å². The average Bonchev–Trinajstić information content (AvgIpc) is 3.07. The fourth-order valence-electron chi connectivity index (χ4n) is 3.83. The molecule has 0 spiro atoms. The van der Waals surface area contributed by atoms with E-state index in [1.807, 2.05) is 0 Å². The van der Waals surface area contributed by atoms with Gasteiger partial charge >= 0.3 is 12.1 Å². The highest BCUT2D eigenvalue weighted by Crippen LogP contribution is 2.36. The maximum atomic E-state index is 13.0. The summed E-state index contributed by atoms with van der Waals surface area (Å²) >= 11 is 5.92. The summed E-state index contributed by atoms with van der Waals surface area (Å²) in [6.45, 7) is 3.01. The van der Waals surface area contributed by atoms with Crippen LogP contribution in [-0.4, -0.2) is 57.5 Å². The number of piperidine rings is 1. The molecular formula is C21H22ClN5O5. The minimum absolute atomic E-state index is 0.107. The highest BCUT2D eigenvalue weighted by atomic mass is 35.5. The molecule has 2 amide bonds. The molecule has 168 valence electrons. The minimum atomic E-state index is -1.09. The molecule has 0 N–H and O–H groups in total. The zero-order valence-corrected chi connectivity index (χ0v) is 18.2. The molecule has 2 aliphatic rings. The normalized spacial score (nSPS) is 18.4. The lowest BCUT2D eigenvalue weighted by Crippen LogP contribution is -2.41. The van der Waals surface area contributed by atoms with Crippen molar-refractivity contribution in [2.24, 2.45) is 5.92 Å². The van der Waals surface area contributed by atoms with E-state index in [1.165, 1.54) is 23.5 Å². The molecule has 11 heteroatoms. The van der Waals surface area contributed by atoms with Crippen molar-refractivity contribution in [3.05, 3.63) is 47.1 Å². The Kier molecular flexibility index (Phi) is 6.50. The molecular weight excluding hydrogens is 438 g/mol. The summed E-state index contributed by atoms with van der Waals surface area (Å²) in [7, 11) is 0.